The van der Waals surface area contributed by atoms with Crippen LogP contribution in [-0.2, 0) is 0 Å². The second-order valence-corrected chi connectivity index (χ2v) is 4.81. The monoisotopic (exact) mass is 356 g/mol. The predicted octanol–water partition coefficient (Wildman–Crippen LogP) is 3.29. The van der Waals surface area contributed by atoms with Crippen LogP contribution < -0.4 is 19.5 Å². The van der Waals surface area contributed by atoms with Gasteiger partial charge in [-0.15, -0.1) is 0 Å². The molecule has 2 rings (SSSR count). The summed E-state index contributed by atoms with van der Waals surface area (Å²) >= 11 is 0. The quantitative estimate of drug-likeness (QED) is 0.860. The van der Waals surface area contributed by atoms with Gasteiger partial charge in [-0.1, -0.05) is 0 Å². The van der Waals surface area contributed by atoms with Gasteiger partial charge in [0.25, 0.3) is 5.91 Å². The number of amides is 1. The van der Waals surface area contributed by atoms with E-state index in [9.17, 15) is 18.0 Å². The summed E-state index contributed by atoms with van der Waals surface area (Å²) in [5.74, 6) is 0.225. The molecule has 9 heteroatoms. The molecule has 0 spiro atoms. The number of hydrogen-bond acceptors (Lipinski definition) is 5. The Morgan fingerprint density at radius 2 is 1.92 bits per heavy atom. The Kier molecular flexibility index (Phi) is 5.68. The van der Waals surface area contributed by atoms with E-state index in [1.807, 2.05) is 0 Å². The minimum absolute atomic E-state index is 0.150. The van der Waals surface area contributed by atoms with Gasteiger partial charge in [-0.3, -0.25) is 4.79 Å². The first-order valence-corrected chi connectivity index (χ1v) is 7.01. The molecule has 0 aliphatic rings. The summed E-state index contributed by atoms with van der Waals surface area (Å²) in [6.45, 7) is -1.45. The zero-order chi connectivity index (χ0) is 18.4. The molecule has 0 bridgehead atoms. The van der Waals surface area contributed by atoms with Gasteiger partial charge in [0.1, 0.15) is 11.5 Å². The predicted molar refractivity (Wildman–Crippen MR) is 83.3 cm³/mol. The number of carbonyl (C=O) groups excluding carboxylic acids is 1. The molecule has 2 aromatic rings. The van der Waals surface area contributed by atoms with Crippen molar-refractivity contribution >= 4 is 11.6 Å². The maximum Gasteiger partial charge on any atom is 0.422 e. The number of nitrogens with one attached hydrogen (secondary N) is 1. The molecule has 0 saturated carbocycles. The molecule has 1 amide bonds. The molecule has 0 aliphatic heterocycles. The first kappa shape index (κ1) is 18.4. The van der Waals surface area contributed by atoms with Crippen LogP contribution in [0.5, 0.6) is 17.4 Å². The molecule has 0 fully saturated rings. The number of benzene rings is 1. The van der Waals surface area contributed by atoms with Gasteiger partial charge in [-0.05, 0) is 18.2 Å². The van der Waals surface area contributed by atoms with E-state index >= 15 is 0 Å². The van der Waals surface area contributed by atoms with Crippen LogP contribution in [0.2, 0.25) is 0 Å². The Bertz CT molecular complexity index is 733. The van der Waals surface area contributed by atoms with Crippen LogP contribution >= 0.6 is 0 Å². The van der Waals surface area contributed by atoms with E-state index in [2.05, 4.69) is 15.0 Å². The molecule has 25 heavy (non-hydrogen) atoms. The molecular weight excluding hydrogens is 341 g/mol. The summed E-state index contributed by atoms with van der Waals surface area (Å²) in [4.78, 5) is 15.9. The third kappa shape index (κ3) is 5.27. The minimum atomic E-state index is -4.46. The van der Waals surface area contributed by atoms with Crippen LogP contribution in [0.4, 0.5) is 18.9 Å². The fourth-order valence-electron chi connectivity index (χ4n) is 1.85. The van der Waals surface area contributed by atoms with Gasteiger partial charge < -0.3 is 19.5 Å². The average Bonchev–Trinajstić information content (AvgIpc) is 2.60. The smallest absolute Gasteiger partial charge is 0.422 e. The molecule has 1 heterocycles. The van der Waals surface area contributed by atoms with Crippen molar-refractivity contribution in [3.8, 4) is 17.4 Å². The highest BCUT2D eigenvalue weighted by Crippen LogP contribution is 2.29. The summed E-state index contributed by atoms with van der Waals surface area (Å²) in [5, 5.41) is 2.62. The SMILES string of the molecule is COc1ccc(NC(=O)c2ccc(OCC(F)(F)F)nc2)c(OC)c1. The molecule has 1 N–H and O–H groups in total. The first-order valence-electron chi connectivity index (χ1n) is 7.01. The number of methoxy groups -OCH3 is 2. The van der Waals surface area contributed by atoms with Gasteiger partial charge in [-0.25, -0.2) is 4.98 Å². The highest BCUT2D eigenvalue weighted by Gasteiger charge is 2.28. The highest BCUT2D eigenvalue weighted by atomic mass is 19.4. The van der Waals surface area contributed by atoms with Gasteiger partial charge in [0.15, 0.2) is 6.61 Å². The highest BCUT2D eigenvalue weighted by molar-refractivity contribution is 6.04. The van der Waals surface area contributed by atoms with Gasteiger partial charge in [0.05, 0.1) is 25.5 Å². The van der Waals surface area contributed by atoms with E-state index in [4.69, 9.17) is 9.47 Å². The summed E-state index contributed by atoms with van der Waals surface area (Å²) in [6.07, 6.45) is -3.33. The first-order chi connectivity index (χ1) is 11.8. The molecular formula is C16H15F3N2O4. The van der Waals surface area contributed by atoms with Crippen molar-refractivity contribution in [2.24, 2.45) is 0 Å². The summed E-state index contributed by atoms with van der Waals surface area (Å²) < 4.78 is 51.0. The molecule has 0 atom stereocenters. The second kappa shape index (κ2) is 7.73. The molecule has 0 radical (unpaired) electrons. The number of rotatable bonds is 6. The van der Waals surface area contributed by atoms with Crippen molar-refractivity contribution in [1.82, 2.24) is 4.98 Å². The molecule has 0 aliphatic carbocycles. The maximum atomic E-state index is 12.2. The van der Waals surface area contributed by atoms with Crippen molar-refractivity contribution in [3.05, 3.63) is 42.1 Å². The van der Waals surface area contributed by atoms with Gasteiger partial charge in [-0.2, -0.15) is 13.2 Å². The van der Waals surface area contributed by atoms with Crippen LogP contribution in [-0.4, -0.2) is 37.9 Å². The summed E-state index contributed by atoms with van der Waals surface area (Å²) in [5.41, 5.74) is 0.558. The largest absolute Gasteiger partial charge is 0.497 e. The Balaban J connectivity index is 2.06. The third-order valence-corrected chi connectivity index (χ3v) is 3.04. The zero-order valence-corrected chi connectivity index (χ0v) is 13.4. The third-order valence-electron chi connectivity index (χ3n) is 3.04. The van der Waals surface area contributed by atoms with E-state index in [1.54, 1.807) is 18.2 Å². The fraction of sp³-hybridized carbons (Fsp3) is 0.250. The van der Waals surface area contributed by atoms with Crippen molar-refractivity contribution < 1.29 is 32.2 Å². The Labute approximate surface area is 141 Å². The number of aromatic nitrogens is 1. The molecule has 1 aromatic heterocycles. The van der Waals surface area contributed by atoms with E-state index in [0.717, 1.165) is 6.20 Å². The van der Waals surface area contributed by atoms with E-state index in [1.165, 1.54) is 26.4 Å². The molecule has 0 unspecified atom stereocenters. The number of carbonyl (C=O) groups is 1. The zero-order valence-electron chi connectivity index (χ0n) is 13.4. The van der Waals surface area contributed by atoms with Gasteiger partial charge in [0.2, 0.25) is 5.88 Å². The number of hydrogen-bond donors (Lipinski definition) is 1. The number of halogens is 3. The minimum Gasteiger partial charge on any atom is -0.497 e. The lowest BCUT2D eigenvalue weighted by atomic mass is 10.2. The topological polar surface area (TPSA) is 69.7 Å². The van der Waals surface area contributed by atoms with E-state index in [-0.39, 0.29) is 11.4 Å². The molecule has 6 nitrogen and oxygen atoms in total. The van der Waals surface area contributed by atoms with Crippen molar-refractivity contribution in [2.75, 3.05) is 26.1 Å². The molecule has 134 valence electrons. The average molecular weight is 356 g/mol. The Morgan fingerprint density at radius 1 is 1.16 bits per heavy atom. The Hall–Kier alpha value is -2.97. The number of anilines is 1. The maximum absolute atomic E-state index is 12.2. The lowest BCUT2D eigenvalue weighted by Gasteiger charge is -2.12. The lowest BCUT2D eigenvalue weighted by molar-refractivity contribution is -0.154. The van der Waals surface area contributed by atoms with Crippen LogP contribution in [0.3, 0.4) is 0 Å². The number of ether oxygens (including phenoxy) is 3. The van der Waals surface area contributed by atoms with Crippen LogP contribution in [0.25, 0.3) is 0 Å². The summed E-state index contributed by atoms with van der Waals surface area (Å²) in [7, 11) is 2.94. The van der Waals surface area contributed by atoms with Gasteiger partial charge in [0, 0.05) is 18.3 Å². The molecule has 0 saturated heterocycles. The van der Waals surface area contributed by atoms with Crippen molar-refractivity contribution in [2.45, 2.75) is 6.18 Å². The van der Waals surface area contributed by atoms with Gasteiger partial charge >= 0.3 is 6.18 Å². The van der Waals surface area contributed by atoms with Crippen LogP contribution in [0.15, 0.2) is 36.5 Å². The van der Waals surface area contributed by atoms with Crippen molar-refractivity contribution in [3.63, 3.8) is 0 Å². The van der Waals surface area contributed by atoms with Crippen LogP contribution in [0, 0.1) is 0 Å². The standard InChI is InChI=1S/C16H15F3N2O4/c1-23-11-4-5-12(13(7-11)24-2)21-15(22)10-3-6-14(20-8-10)25-9-16(17,18)19/h3-8H,9H2,1-2H3,(H,21,22). The second-order valence-electron chi connectivity index (χ2n) is 4.81. The normalized spacial score (nSPS) is 10.9. The fourth-order valence-corrected chi connectivity index (χ4v) is 1.85. The lowest BCUT2D eigenvalue weighted by Crippen LogP contribution is -2.19. The summed E-state index contributed by atoms with van der Waals surface area (Å²) in [6, 6.07) is 7.34. The number of pyridine rings is 1. The van der Waals surface area contributed by atoms with Crippen LogP contribution in [0.1, 0.15) is 10.4 Å². The van der Waals surface area contributed by atoms with E-state index < -0.39 is 18.7 Å². The number of nitrogens with zero attached hydrogens (tertiary/aromatic N) is 1. The number of alkyl halides is 3. The van der Waals surface area contributed by atoms with E-state index in [0.29, 0.717) is 17.2 Å². The van der Waals surface area contributed by atoms with Crippen molar-refractivity contribution in [1.29, 1.82) is 0 Å². The Morgan fingerprint density at radius 3 is 2.48 bits per heavy atom. The molecule has 1 aromatic carbocycles.